The van der Waals surface area contributed by atoms with Gasteiger partial charge in [-0.25, -0.2) is 13.1 Å². The largest absolute Gasteiger partial charge is 0.393 e. The van der Waals surface area contributed by atoms with Crippen LogP contribution in [0.5, 0.6) is 0 Å². The number of carbonyl (C=O) groups excluding carboxylic acids is 1. The first-order valence-electron chi connectivity index (χ1n) is 6.52. The Morgan fingerprint density at radius 1 is 1.35 bits per heavy atom. The average Bonchev–Trinajstić information content (AvgIpc) is 2.63. The molecule has 6 nitrogen and oxygen atoms in total. The molecule has 1 heterocycles. The highest BCUT2D eigenvalue weighted by Crippen LogP contribution is 2.34. The van der Waals surface area contributed by atoms with Crippen LogP contribution in [0.3, 0.4) is 0 Å². The molecule has 7 heteroatoms. The first kappa shape index (κ1) is 13.5. The van der Waals surface area contributed by atoms with E-state index in [2.05, 4.69) is 10.0 Å². The lowest BCUT2D eigenvalue weighted by atomic mass is 9.91. The van der Waals surface area contributed by atoms with E-state index in [9.17, 15) is 18.3 Å². The van der Waals surface area contributed by atoms with Gasteiger partial charge in [0.2, 0.25) is 15.9 Å². The van der Waals surface area contributed by atoms with Crippen LogP contribution in [0.1, 0.15) is 31.2 Å². The van der Waals surface area contributed by atoms with Gasteiger partial charge in [-0.15, -0.1) is 0 Å². The van der Waals surface area contributed by atoms with Crippen molar-refractivity contribution >= 4 is 21.6 Å². The zero-order chi connectivity index (χ0) is 14.5. The summed E-state index contributed by atoms with van der Waals surface area (Å²) >= 11 is 0. The Morgan fingerprint density at radius 3 is 2.70 bits per heavy atom. The summed E-state index contributed by atoms with van der Waals surface area (Å²) in [4.78, 5) is 11.7. The molecule has 0 bridgehead atoms. The van der Waals surface area contributed by atoms with E-state index in [0.29, 0.717) is 24.1 Å². The Kier molecular flexibility index (Phi) is 3.07. The molecule has 0 saturated heterocycles. The van der Waals surface area contributed by atoms with E-state index in [0.717, 1.165) is 0 Å². The minimum Gasteiger partial charge on any atom is -0.393 e. The highest BCUT2D eigenvalue weighted by Gasteiger charge is 2.33. The van der Waals surface area contributed by atoms with E-state index in [1.54, 1.807) is 13.0 Å². The van der Waals surface area contributed by atoms with E-state index in [4.69, 9.17) is 0 Å². The fourth-order valence-corrected chi connectivity index (χ4v) is 3.83. The van der Waals surface area contributed by atoms with Crippen LogP contribution in [0.2, 0.25) is 0 Å². The molecule has 1 fully saturated rings. The lowest BCUT2D eigenvalue weighted by molar-refractivity contribution is -0.116. The van der Waals surface area contributed by atoms with Crippen molar-refractivity contribution < 1.29 is 18.3 Å². The number of rotatable bonds is 3. The molecule has 0 aromatic heterocycles. The van der Waals surface area contributed by atoms with Crippen molar-refractivity contribution in [3.8, 4) is 0 Å². The molecule has 1 amide bonds. The van der Waals surface area contributed by atoms with Crippen molar-refractivity contribution in [3.05, 3.63) is 23.8 Å². The monoisotopic (exact) mass is 296 g/mol. The summed E-state index contributed by atoms with van der Waals surface area (Å²) in [5, 5.41) is 11.9. The van der Waals surface area contributed by atoms with E-state index < -0.39 is 16.1 Å². The maximum atomic E-state index is 12.2. The molecule has 0 spiro atoms. The number of hydrogen-bond acceptors (Lipinski definition) is 4. The summed E-state index contributed by atoms with van der Waals surface area (Å²) in [5.41, 5.74) is 1.37. The van der Waals surface area contributed by atoms with E-state index >= 15 is 0 Å². The summed E-state index contributed by atoms with van der Waals surface area (Å²) in [6.07, 6.45) is 0.478. The van der Waals surface area contributed by atoms with Crippen molar-refractivity contribution in [2.24, 2.45) is 0 Å². The second kappa shape index (κ2) is 4.54. The molecule has 1 aromatic rings. The fourth-order valence-electron chi connectivity index (χ4n) is 2.53. The van der Waals surface area contributed by atoms with Crippen LogP contribution >= 0.6 is 0 Å². The Hall–Kier alpha value is -1.44. The zero-order valence-corrected chi connectivity index (χ0v) is 11.8. The molecule has 1 unspecified atom stereocenters. The first-order valence-corrected chi connectivity index (χ1v) is 8.00. The number of benzene rings is 1. The van der Waals surface area contributed by atoms with Crippen molar-refractivity contribution in [1.82, 2.24) is 4.72 Å². The molecule has 1 atom stereocenters. The fraction of sp³-hybridized carbons (Fsp3) is 0.462. The SMILES string of the molecule is CC1C(=O)Nc2ccc(S(=O)(=O)NC3CC(O)C3)cc21. The third-order valence-electron chi connectivity index (χ3n) is 3.89. The minimum absolute atomic E-state index is 0.121. The lowest BCUT2D eigenvalue weighted by Crippen LogP contribution is -2.46. The molecule has 1 aliphatic carbocycles. The number of hydrogen-bond donors (Lipinski definition) is 3. The van der Waals surface area contributed by atoms with Crippen LogP contribution in [0.4, 0.5) is 5.69 Å². The zero-order valence-electron chi connectivity index (χ0n) is 11.0. The van der Waals surface area contributed by atoms with Gasteiger partial charge in [0.1, 0.15) is 0 Å². The van der Waals surface area contributed by atoms with Gasteiger partial charge < -0.3 is 10.4 Å². The van der Waals surface area contributed by atoms with Crippen LogP contribution < -0.4 is 10.0 Å². The first-order chi connectivity index (χ1) is 9.37. The topological polar surface area (TPSA) is 95.5 Å². The Balaban J connectivity index is 1.86. The molecule has 3 rings (SSSR count). The summed E-state index contributed by atoms with van der Waals surface area (Å²) < 4.78 is 27.0. The van der Waals surface area contributed by atoms with Crippen LogP contribution in [0, 0.1) is 0 Å². The average molecular weight is 296 g/mol. The van der Waals surface area contributed by atoms with Gasteiger partial charge in [-0.3, -0.25) is 4.79 Å². The van der Waals surface area contributed by atoms with Gasteiger partial charge in [-0.05, 0) is 43.5 Å². The quantitative estimate of drug-likeness (QED) is 0.759. The summed E-state index contributed by atoms with van der Waals surface area (Å²) in [6, 6.07) is 4.42. The lowest BCUT2D eigenvalue weighted by Gasteiger charge is -2.31. The predicted molar refractivity (Wildman–Crippen MR) is 72.8 cm³/mol. The second-order valence-electron chi connectivity index (χ2n) is 5.40. The van der Waals surface area contributed by atoms with Crippen LogP contribution in [-0.2, 0) is 14.8 Å². The summed E-state index contributed by atoms with van der Waals surface area (Å²) in [5.74, 6) is -0.463. The van der Waals surface area contributed by atoms with Gasteiger partial charge in [0.05, 0.1) is 16.9 Å². The predicted octanol–water partition coefficient (Wildman–Crippen LogP) is 0.544. The number of nitrogens with one attached hydrogen (secondary N) is 2. The van der Waals surface area contributed by atoms with Crippen molar-refractivity contribution in [1.29, 1.82) is 0 Å². The Labute approximate surface area is 117 Å². The number of amides is 1. The molecule has 20 heavy (non-hydrogen) atoms. The molecule has 1 saturated carbocycles. The molecule has 1 aromatic carbocycles. The van der Waals surface area contributed by atoms with Gasteiger partial charge in [0.15, 0.2) is 0 Å². The number of aliphatic hydroxyl groups excluding tert-OH is 1. The molecule has 1 aliphatic heterocycles. The summed E-state index contributed by atoms with van der Waals surface area (Å²) in [6.45, 7) is 1.74. The van der Waals surface area contributed by atoms with Crippen LogP contribution in [0.25, 0.3) is 0 Å². The maximum absolute atomic E-state index is 12.2. The molecule has 108 valence electrons. The number of fused-ring (bicyclic) bond motifs is 1. The van der Waals surface area contributed by atoms with E-state index in [-0.39, 0.29) is 22.8 Å². The van der Waals surface area contributed by atoms with Gasteiger partial charge in [-0.1, -0.05) is 0 Å². The third-order valence-corrected chi connectivity index (χ3v) is 5.40. The number of carbonyl (C=O) groups is 1. The second-order valence-corrected chi connectivity index (χ2v) is 7.12. The van der Waals surface area contributed by atoms with E-state index in [1.165, 1.54) is 12.1 Å². The number of anilines is 1. The third kappa shape index (κ3) is 2.21. The Bertz CT molecular complexity index is 665. The van der Waals surface area contributed by atoms with E-state index in [1.807, 2.05) is 0 Å². The minimum atomic E-state index is -3.61. The van der Waals surface area contributed by atoms with Gasteiger partial charge in [0.25, 0.3) is 0 Å². The number of aliphatic hydroxyl groups is 1. The van der Waals surface area contributed by atoms with Crippen molar-refractivity contribution in [3.63, 3.8) is 0 Å². The van der Waals surface area contributed by atoms with Gasteiger partial charge in [0, 0.05) is 11.7 Å². The molecular formula is C13H16N2O4S. The highest BCUT2D eigenvalue weighted by molar-refractivity contribution is 7.89. The number of sulfonamides is 1. The molecule has 0 radical (unpaired) electrons. The molecule has 3 N–H and O–H groups in total. The summed E-state index contributed by atoms with van der Waals surface area (Å²) in [7, 11) is -3.61. The maximum Gasteiger partial charge on any atom is 0.240 e. The molecular weight excluding hydrogens is 280 g/mol. The highest BCUT2D eigenvalue weighted by atomic mass is 32.2. The van der Waals surface area contributed by atoms with Gasteiger partial charge in [-0.2, -0.15) is 0 Å². The Morgan fingerprint density at radius 2 is 2.05 bits per heavy atom. The standard InChI is InChI=1S/C13H16N2O4S/c1-7-11-6-10(2-3-12(11)14-13(7)17)20(18,19)15-8-4-9(16)5-8/h2-3,6-9,15-16H,4-5H2,1H3,(H,14,17). The molecule has 2 aliphatic rings. The van der Waals surface area contributed by atoms with Gasteiger partial charge >= 0.3 is 0 Å². The van der Waals surface area contributed by atoms with Crippen molar-refractivity contribution in [2.45, 2.75) is 42.7 Å². The smallest absolute Gasteiger partial charge is 0.240 e. The van der Waals surface area contributed by atoms with Crippen LogP contribution in [-0.4, -0.2) is 31.6 Å². The van der Waals surface area contributed by atoms with Crippen LogP contribution in [0.15, 0.2) is 23.1 Å². The normalized spacial score (nSPS) is 28.7. The van der Waals surface area contributed by atoms with Crippen molar-refractivity contribution in [2.75, 3.05) is 5.32 Å².